The van der Waals surface area contributed by atoms with Gasteiger partial charge >= 0.3 is 11.8 Å². The number of primary amides is 1. The monoisotopic (exact) mass is 373 g/mol. The van der Waals surface area contributed by atoms with E-state index in [1.807, 2.05) is 24.3 Å². The third-order valence-electron chi connectivity index (χ3n) is 5.00. The highest BCUT2D eigenvalue weighted by Crippen LogP contribution is 2.34. The number of carbonyl (C=O) groups is 3. The Morgan fingerprint density at radius 3 is 2.43 bits per heavy atom. The molecule has 0 spiro atoms. The van der Waals surface area contributed by atoms with Gasteiger partial charge in [-0.1, -0.05) is 36.4 Å². The van der Waals surface area contributed by atoms with Crippen molar-refractivity contribution in [1.82, 2.24) is 5.32 Å². The summed E-state index contributed by atoms with van der Waals surface area (Å²) in [5, 5.41) is 7.39. The second kappa shape index (κ2) is 7.15. The smallest absolute Gasteiger partial charge is 0.313 e. The van der Waals surface area contributed by atoms with Crippen molar-refractivity contribution in [2.45, 2.75) is 19.4 Å². The summed E-state index contributed by atoms with van der Waals surface area (Å²) in [5.41, 5.74) is 9.44. The van der Waals surface area contributed by atoms with Crippen LogP contribution in [0.1, 0.15) is 27.0 Å². The summed E-state index contributed by atoms with van der Waals surface area (Å²) in [6.07, 6.45) is 1.99. The third kappa shape index (κ3) is 3.32. The Labute approximate surface area is 161 Å². The van der Waals surface area contributed by atoms with Crippen molar-refractivity contribution in [3.8, 4) is 0 Å². The van der Waals surface area contributed by atoms with E-state index in [9.17, 15) is 14.4 Å². The van der Waals surface area contributed by atoms with E-state index in [0.29, 0.717) is 16.8 Å². The molecule has 140 valence electrons. The zero-order valence-corrected chi connectivity index (χ0v) is 15.1. The molecule has 6 heteroatoms. The molecule has 4 rings (SSSR count). The molecule has 0 fully saturated rings. The lowest BCUT2D eigenvalue weighted by Crippen LogP contribution is -2.35. The van der Waals surface area contributed by atoms with E-state index in [2.05, 4.69) is 16.7 Å². The van der Waals surface area contributed by atoms with Crippen LogP contribution in [0, 0.1) is 0 Å². The molecule has 0 saturated carbocycles. The van der Waals surface area contributed by atoms with Gasteiger partial charge in [0.1, 0.15) is 0 Å². The molecule has 0 aliphatic heterocycles. The molecular weight excluding hydrogens is 354 g/mol. The molecule has 28 heavy (non-hydrogen) atoms. The second-order valence-corrected chi connectivity index (χ2v) is 6.81. The molecule has 0 radical (unpaired) electrons. The van der Waals surface area contributed by atoms with E-state index < -0.39 is 17.7 Å². The van der Waals surface area contributed by atoms with Gasteiger partial charge in [0, 0.05) is 23.2 Å². The molecule has 0 aromatic heterocycles. The number of nitrogens with one attached hydrogen (secondary N) is 2. The number of benzene rings is 3. The minimum absolute atomic E-state index is 0.122. The molecule has 0 heterocycles. The molecule has 0 unspecified atom stereocenters. The Hall–Kier alpha value is -3.67. The van der Waals surface area contributed by atoms with Crippen LogP contribution in [-0.2, 0) is 29.0 Å². The molecule has 1 aliphatic rings. The number of carbonyl (C=O) groups excluding carboxylic acids is 3. The second-order valence-electron chi connectivity index (χ2n) is 6.81. The average Bonchev–Trinajstić information content (AvgIpc) is 3.13. The number of hydrogen-bond donors (Lipinski definition) is 3. The van der Waals surface area contributed by atoms with Gasteiger partial charge < -0.3 is 16.4 Å². The van der Waals surface area contributed by atoms with Crippen molar-refractivity contribution < 1.29 is 14.4 Å². The molecule has 0 bridgehead atoms. The molecule has 3 aromatic rings. The zero-order chi connectivity index (χ0) is 19.7. The van der Waals surface area contributed by atoms with Crippen LogP contribution in [0.15, 0.2) is 54.6 Å². The highest BCUT2D eigenvalue weighted by atomic mass is 16.2. The Balaban J connectivity index is 1.46. The topological polar surface area (TPSA) is 101 Å². The van der Waals surface area contributed by atoms with E-state index in [1.54, 1.807) is 24.3 Å². The maximum absolute atomic E-state index is 12.3. The number of hydrogen-bond acceptors (Lipinski definition) is 3. The van der Waals surface area contributed by atoms with Gasteiger partial charge in [0.25, 0.3) is 0 Å². The summed E-state index contributed by atoms with van der Waals surface area (Å²) in [7, 11) is 0. The predicted molar refractivity (Wildman–Crippen MR) is 107 cm³/mol. The van der Waals surface area contributed by atoms with E-state index in [-0.39, 0.29) is 6.54 Å². The van der Waals surface area contributed by atoms with Gasteiger partial charge in [-0.25, -0.2) is 0 Å². The van der Waals surface area contributed by atoms with Crippen LogP contribution in [-0.4, -0.2) is 17.7 Å². The highest BCUT2D eigenvalue weighted by molar-refractivity contribution is 6.40. The summed E-state index contributed by atoms with van der Waals surface area (Å²) in [6, 6.07) is 16.5. The predicted octanol–water partition coefficient (Wildman–Crippen LogP) is 2.29. The lowest BCUT2D eigenvalue weighted by Gasteiger charge is -2.11. The van der Waals surface area contributed by atoms with Gasteiger partial charge in [0.05, 0.1) is 0 Å². The lowest BCUT2D eigenvalue weighted by molar-refractivity contribution is -0.136. The number of nitrogens with two attached hydrogens (primary N) is 1. The van der Waals surface area contributed by atoms with Crippen molar-refractivity contribution in [1.29, 1.82) is 0 Å². The largest absolute Gasteiger partial charge is 0.366 e. The van der Waals surface area contributed by atoms with Crippen LogP contribution in [0.2, 0.25) is 0 Å². The van der Waals surface area contributed by atoms with Crippen molar-refractivity contribution in [3.05, 3.63) is 76.9 Å². The zero-order valence-electron chi connectivity index (χ0n) is 15.1. The normalized spacial score (nSPS) is 12.0. The standard InChI is InChI=1S/C22H19N3O3/c23-20(26)16-5-1-3-13(11-16)12-24-21(27)22(28)25-18-10-9-15-8-7-14-4-2-6-17(18)19(14)15/h1-6,9-11H,7-8,12H2,(H2,23,26)(H,24,27)(H,25,28). The summed E-state index contributed by atoms with van der Waals surface area (Å²) < 4.78 is 0. The Kier molecular flexibility index (Phi) is 4.53. The van der Waals surface area contributed by atoms with Crippen LogP contribution in [0.5, 0.6) is 0 Å². The lowest BCUT2D eigenvalue weighted by atomic mass is 10.0. The van der Waals surface area contributed by atoms with Gasteiger partial charge in [-0.15, -0.1) is 0 Å². The van der Waals surface area contributed by atoms with Gasteiger partial charge in [-0.05, 0) is 53.1 Å². The van der Waals surface area contributed by atoms with Gasteiger partial charge in [-0.2, -0.15) is 0 Å². The minimum Gasteiger partial charge on any atom is -0.366 e. The molecule has 4 N–H and O–H groups in total. The number of aryl methyl sites for hydroxylation is 2. The van der Waals surface area contributed by atoms with Crippen LogP contribution >= 0.6 is 0 Å². The Morgan fingerprint density at radius 1 is 0.893 bits per heavy atom. The van der Waals surface area contributed by atoms with Crippen molar-refractivity contribution >= 4 is 34.2 Å². The summed E-state index contributed by atoms with van der Waals surface area (Å²) in [6.45, 7) is 0.122. The first-order valence-electron chi connectivity index (χ1n) is 9.04. The molecule has 3 amide bonds. The van der Waals surface area contributed by atoms with E-state index in [4.69, 9.17) is 5.73 Å². The van der Waals surface area contributed by atoms with E-state index >= 15 is 0 Å². The number of rotatable bonds is 4. The minimum atomic E-state index is -0.743. The van der Waals surface area contributed by atoms with Crippen LogP contribution < -0.4 is 16.4 Å². The molecule has 0 atom stereocenters. The first kappa shape index (κ1) is 17.7. The van der Waals surface area contributed by atoms with Crippen LogP contribution in [0.25, 0.3) is 10.8 Å². The Morgan fingerprint density at radius 2 is 1.64 bits per heavy atom. The first-order valence-corrected chi connectivity index (χ1v) is 9.04. The third-order valence-corrected chi connectivity index (χ3v) is 5.00. The summed E-state index contributed by atoms with van der Waals surface area (Å²) in [4.78, 5) is 35.8. The maximum Gasteiger partial charge on any atom is 0.313 e. The van der Waals surface area contributed by atoms with Crippen LogP contribution in [0.3, 0.4) is 0 Å². The fourth-order valence-electron chi connectivity index (χ4n) is 3.63. The van der Waals surface area contributed by atoms with Gasteiger partial charge in [-0.3, -0.25) is 14.4 Å². The average molecular weight is 373 g/mol. The summed E-state index contributed by atoms with van der Waals surface area (Å²) in [5.74, 6) is -2.02. The highest BCUT2D eigenvalue weighted by Gasteiger charge is 2.19. The van der Waals surface area contributed by atoms with Crippen molar-refractivity contribution in [3.63, 3.8) is 0 Å². The van der Waals surface area contributed by atoms with E-state index in [0.717, 1.165) is 18.2 Å². The van der Waals surface area contributed by atoms with E-state index in [1.165, 1.54) is 16.5 Å². The number of anilines is 1. The molecule has 3 aromatic carbocycles. The molecule has 1 aliphatic carbocycles. The fourth-order valence-corrected chi connectivity index (χ4v) is 3.63. The summed E-state index contributed by atoms with van der Waals surface area (Å²) >= 11 is 0. The first-order chi connectivity index (χ1) is 13.5. The van der Waals surface area contributed by atoms with Gasteiger partial charge in [0.15, 0.2) is 0 Å². The van der Waals surface area contributed by atoms with Crippen molar-refractivity contribution in [2.75, 3.05) is 5.32 Å². The SMILES string of the molecule is NC(=O)c1cccc(CNC(=O)C(=O)Nc2ccc3c4c(cccc24)CC3)c1. The van der Waals surface area contributed by atoms with Gasteiger partial charge in [0.2, 0.25) is 5.91 Å². The number of amides is 3. The fraction of sp³-hybridized carbons (Fsp3) is 0.136. The van der Waals surface area contributed by atoms with Crippen LogP contribution in [0.4, 0.5) is 5.69 Å². The quantitative estimate of drug-likeness (QED) is 0.612. The molecule has 0 saturated heterocycles. The molecule has 6 nitrogen and oxygen atoms in total. The Bertz CT molecular complexity index is 1110. The molecular formula is C22H19N3O3. The maximum atomic E-state index is 12.3. The van der Waals surface area contributed by atoms with Crippen molar-refractivity contribution in [2.24, 2.45) is 5.73 Å².